The summed E-state index contributed by atoms with van der Waals surface area (Å²) >= 11 is 0. The Morgan fingerprint density at radius 3 is 2.84 bits per heavy atom. The average Bonchev–Trinajstić information content (AvgIpc) is 2.41. The van der Waals surface area contributed by atoms with Crippen molar-refractivity contribution < 1.29 is 18.7 Å². The monoisotopic (exact) mass is 266 g/mol. The predicted molar refractivity (Wildman–Crippen MR) is 66.1 cm³/mol. The number of hydrogen-bond donors (Lipinski definition) is 2. The van der Waals surface area contributed by atoms with Gasteiger partial charge in [-0.15, -0.1) is 0 Å². The first-order valence-corrected chi connectivity index (χ1v) is 6.10. The standard InChI is InChI=1S/C13H15FN2O3/c14-9-3-5-10(6-4-9)19-8-12(17)16-11-2-1-7-15-13(11)18/h3-6,11H,1-2,7-8H2,(H,15,18)(H,16,17)/t11-/m0/s1. The van der Waals surface area contributed by atoms with Crippen LogP contribution in [0.3, 0.4) is 0 Å². The van der Waals surface area contributed by atoms with Gasteiger partial charge in [-0.1, -0.05) is 0 Å². The zero-order valence-electron chi connectivity index (χ0n) is 10.3. The van der Waals surface area contributed by atoms with Gasteiger partial charge in [0, 0.05) is 6.54 Å². The molecule has 1 heterocycles. The van der Waals surface area contributed by atoms with Gasteiger partial charge in [-0.05, 0) is 37.1 Å². The number of carbonyl (C=O) groups is 2. The quantitative estimate of drug-likeness (QED) is 0.838. The molecule has 19 heavy (non-hydrogen) atoms. The van der Waals surface area contributed by atoms with Crippen molar-refractivity contribution in [3.05, 3.63) is 30.1 Å². The molecule has 0 radical (unpaired) electrons. The molecule has 102 valence electrons. The second-order valence-corrected chi connectivity index (χ2v) is 4.30. The van der Waals surface area contributed by atoms with Crippen LogP contribution < -0.4 is 15.4 Å². The lowest BCUT2D eigenvalue weighted by Crippen LogP contribution is -2.51. The second-order valence-electron chi connectivity index (χ2n) is 4.30. The molecule has 0 unspecified atom stereocenters. The highest BCUT2D eigenvalue weighted by Gasteiger charge is 2.23. The molecule has 1 saturated heterocycles. The lowest BCUT2D eigenvalue weighted by atomic mass is 10.1. The average molecular weight is 266 g/mol. The lowest BCUT2D eigenvalue weighted by Gasteiger charge is -2.22. The molecular weight excluding hydrogens is 251 g/mol. The van der Waals surface area contributed by atoms with Gasteiger partial charge >= 0.3 is 0 Å². The van der Waals surface area contributed by atoms with Gasteiger partial charge in [0.1, 0.15) is 17.6 Å². The van der Waals surface area contributed by atoms with E-state index in [9.17, 15) is 14.0 Å². The van der Waals surface area contributed by atoms with E-state index in [0.717, 1.165) is 6.42 Å². The first-order chi connectivity index (χ1) is 9.15. The number of piperidine rings is 1. The Balaban J connectivity index is 1.78. The highest BCUT2D eigenvalue weighted by molar-refractivity contribution is 5.88. The third-order valence-corrected chi connectivity index (χ3v) is 2.80. The molecule has 2 N–H and O–H groups in total. The van der Waals surface area contributed by atoms with E-state index in [1.165, 1.54) is 24.3 Å². The molecule has 0 spiro atoms. The summed E-state index contributed by atoms with van der Waals surface area (Å²) < 4.78 is 17.8. The van der Waals surface area contributed by atoms with E-state index in [1.807, 2.05) is 0 Å². The highest BCUT2D eigenvalue weighted by atomic mass is 19.1. The maximum atomic E-state index is 12.7. The molecule has 2 rings (SSSR count). The van der Waals surface area contributed by atoms with Crippen molar-refractivity contribution in [2.45, 2.75) is 18.9 Å². The number of nitrogens with one attached hydrogen (secondary N) is 2. The molecule has 1 aromatic rings. The molecule has 0 bridgehead atoms. The van der Waals surface area contributed by atoms with Crippen LogP contribution >= 0.6 is 0 Å². The Kier molecular flexibility index (Phi) is 4.33. The van der Waals surface area contributed by atoms with Gasteiger partial charge in [0.05, 0.1) is 0 Å². The van der Waals surface area contributed by atoms with Crippen LogP contribution in [0.5, 0.6) is 5.75 Å². The van der Waals surface area contributed by atoms with E-state index < -0.39 is 6.04 Å². The maximum Gasteiger partial charge on any atom is 0.258 e. The van der Waals surface area contributed by atoms with E-state index in [1.54, 1.807) is 0 Å². The Labute approximate surface area is 110 Å². The molecule has 6 heteroatoms. The van der Waals surface area contributed by atoms with Gasteiger partial charge in [0.25, 0.3) is 5.91 Å². The number of halogens is 1. The normalized spacial score (nSPS) is 18.6. The Morgan fingerprint density at radius 2 is 2.16 bits per heavy atom. The fourth-order valence-electron chi connectivity index (χ4n) is 1.83. The third kappa shape index (κ3) is 3.94. The third-order valence-electron chi connectivity index (χ3n) is 2.80. The summed E-state index contributed by atoms with van der Waals surface area (Å²) in [5.41, 5.74) is 0. The van der Waals surface area contributed by atoms with Crippen LogP contribution in [0.4, 0.5) is 4.39 Å². The smallest absolute Gasteiger partial charge is 0.258 e. The van der Waals surface area contributed by atoms with Gasteiger partial charge in [-0.25, -0.2) is 4.39 Å². The summed E-state index contributed by atoms with van der Waals surface area (Å²) in [6.45, 7) is 0.451. The van der Waals surface area contributed by atoms with E-state index in [-0.39, 0.29) is 24.2 Å². The van der Waals surface area contributed by atoms with Crippen molar-refractivity contribution in [3.8, 4) is 5.75 Å². The molecule has 0 aromatic heterocycles. The summed E-state index contributed by atoms with van der Waals surface area (Å²) in [5, 5.41) is 5.28. The summed E-state index contributed by atoms with van der Waals surface area (Å²) in [5.74, 6) is -0.493. The predicted octanol–water partition coefficient (Wildman–Crippen LogP) is 0.599. The fraction of sp³-hybridized carbons (Fsp3) is 0.385. The maximum absolute atomic E-state index is 12.7. The summed E-state index contributed by atoms with van der Waals surface area (Å²) in [6, 6.07) is 4.90. The summed E-state index contributed by atoms with van der Waals surface area (Å²) in [6.07, 6.45) is 1.48. The molecule has 0 aliphatic carbocycles. The Morgan fingerprint density at radius 1 is 1.42 bits per heavy atom. The number of amides is 2. The van der Waals surface area contributed by atoms with E-state index in [2.05, 4.69) is 10.6 Å². The first-order valence-electron chi connectivity index (χ1n) is 6.10. The molecule has 2 amide bonds. The van der Waals surface area contributed by atoms with Crippen molar-refractivity contribution in [3.63, 3.8) is 0 Å². The minimum atomic E-state index is -0.488. The Bertz CT molecular complexity index is 461. The minimum Gasteiger partial charge on any atom is -0.484 e. The van der Waals surface area contributed by atoms with Crippen LogP contribution in [0.2, 0.25) is 0 Å². The number of ether oxygens (including phenoxy) is 1. The molecule has 1 fully saturated rings. The highest BCUT2D eigenvalue weighted by Crippen LogP contribution is 2.10. The van der Waals surface area contributed by atoms with Crippen LogP contribution in [0.15, 0.2) is 24.3 Å². The van der Waals surface area contributed by atoms with Crippen LogP contribution in [0.1, 0.15) is 12.8 Å². The number of carbonyl (C=O) groups excluding carboxylic acids is 2. The molecule has 1 atom stereocenters. The van der Waals surface area contributed by atoms with Crippen LogP contribution in [-0.2, 0) is 9.59 Å². The van der Waals surface area contributed by atoms with Crippen LogP contribution in [-0.4, -0.2) is 31.0 Å². The Hall–Kier alpha value is -2.11. The van der Waals surface area contributed by atoms with Crippen molar-refractivity contribution >= 4 is 11.8 Å². The summed E-state index contributed by atoms with van der Waals surface area (Å²) in [4.78, 5) is 23.0. The lowest BCUT2D eigenvalue weighted by molar-refractivity contribution is -0.131. The minimum absolute atomic E-state index is 0.165. The van der Waals surface area contributed by atoms with Crippen LogP contribution in [0.25, 0.3) is 0 Å². The first kappa shape index (κ1) is 13.3. The van der Waals surface area contributed by atoms with Gasteiger partial charge in [0.15, 0.2) is 6.61 Å². The molecule has 1 aliphatic heterocycles. The summed E-state index contributed by atoms with van der Waals surface area (Å²) in [7, 11) is 0. The van der Waals surface area contributed by atoms with Gasteiger partial charge in [-0.2, -0.15) is 0 Å². The van der Waals surface area contributed by atoms with E-state index in [0.29, 0.717) is 18.7 Å². The van der Waals surface area contributed by atoms with E-state index in [4.69, 9.17) is 4.74 Å². The molecule has 5 nitrogen and oxygen atoms in total. The molecule has 1 aromatic carbocycles. The van der Waals surface area contributed by atoms with Gasteiger partial charge < -0.3 is 15.4 Å². The van der Waals surface area contributed by atoms with Crippen LogP contribution in [0, 0.1) is 5.82 Å². The number of rotatable bonds is 4. The van der Waals surface area contributed by atoms with Crippen molar-refractivity contribution in [1.82, 2.24) is 10.6 Å². The van der Waals surface area contributed by atoms with Crippen molar-refractivity contribution in [2.24, 2.45) is 0 Å². The van der Waals surface area contributed by atoms with Crippen molar-refractivity contribution in [2.75, 3.05) is 13.2 Å². The molecule has 1 aliphatic rings. The molecular formula is C13H15FN2O3. The molecule has 0 saturated carbocycles. The van der Waals surface area contributed by atoms with E-state index >= 15 is 0 Å². The largest absolute Gasteiger partial charge is 0.484 e. The zero-order chi connectivity index (χ0) is 13.7. The second kappa shape index (κ2) is 6.17. The topological polar surface area (TPSA) is 67.4 Å². The number of hydrogen-bond acceptors (Lipinski definition) is 3. The van der Waals surface area contributed by atoms with Crippen molar-refractivity contribution in [1.29, 1.82) is 0 Å². The zero-order valence-corrected chi connectivity index (χ0v) is 10.3. The van der Waals surface area contributed by atoms with Gasteiger partial charge in [0.2, 0.25) is 5.91 Å². The SMILES string of the molecule is O=C(COc1ccc(F)cc1)N[C@H]1CCCNC1=O. The van der Waals surface area contributed by atoms with Gasteiger partial charge in [-0.3, -0.25) is 9.59 Å². The number of benzene rings is 1. The fourth-order valence-corrected chi connectivity index (χ4v) is 1.83.